The number of carbonyl (C=O) groups is 3. The first-order valence-electron chi connectivity index (χ1n) is 10.5. The molecule has 0 radical (unpaired) electrons. The van der Waals surface area contributed by atoms with Gasteiger partial charge in [-0.15, -0.1) is 0 Å². The average molecular weight is 477 g/mol. The van der Waals surface area contributed by atoms with Crippen LogP contribution in [0.2, 0.25) is 0 Å². The number of hydrogen-bond acceptors (Lipinski definition) is 5. The van der Waals surface area contributed by atoms with Crippen molar-refractivity contribution in [2.24, 2.45) is 5.92 Å². The van der Waals surface area contributed by atoms with E-state index >= 15 is 0 Å². The zero-order chi connectivity index (χ0) is 23.8. The van der Waals surface area contributed by atoms with E-state index in [-0.39, 0.29) is 60.3 Å². The summed E-state index contributed by atoms with van der Waals surface area (Å²) in [6.45, 7) is 0.996. The van der Waals surface area contributed by atoms with Crippen LogP contribution in [0.4, 0.5) is 8.78 Å². The maximum Gasteiger partial charge on any atom is 0.254 e. The molecule has 0 spiro atoms. The molecule has 0 bridgehead atoms. The fourth-order valence-electron chi connectivity index (χ4n) is 4.21. The quantitative estimate of drug-likeness (QED) is 0.629. The number of hydrogen-bond donors (Lipinski definition) is 0. The number of ketones is 1. The van der Waals surface area contributed by atoms with Crippen LogP contribution < -0.4 is 0 Å². The number of rotatable bonds is 4. The number of piperazine rings is 1. The molecule has 0 saturated carbocycles. The largest absolute Gasteiger partial charge is 0.339 e. The van der Waals surface area contributed by atoms with Crippen LogP contribution in [0.3, 0.4) is 0 Å². The van der Waals surface area contributed by atoms with Crippen LogP contribution in [0.15, 0.2) is 42.5 Å². The van der Waals surface area contributed by atoms with Crippen LogP contribution in [0.25, 0.3) is 0 Å². The normalized spacial score (nSPS) is 20.0. The van der Waals surface area contributed by atoms with Crippen molar-refractivity contribution in [1.29, 1.82) is 0 Å². The highest BCUT2D eigenvalue weighted by Crippen LogP contribution is 2.23. The van der Waals surface area contributed by atoms with Crippen molar-refractivity contribution in [3.8, 4) is 0 Å². The molecular weight excluding hydrogens is 454 g/mol. The van der Waals surface area contributed by atoms with Gasteiger partial charge in [-0.3, -0.25) is 14.4 Å². The lowest BCUT2D eigenvalue weighted by atomic mass is 9.97. The van der Waals surface area contributed by atoms with Crippen molar-refractivity contribution in [2.75, 3.05) is 37.7 Å². The third kappa shape index (κ3) is 4.80. The van der Waals surface area contributed by atoms with Crippen molar-refractivity contribution < 1.29 is 31.6 Å². The van der Waals surface area contributed by atoms with Gasteiger partial charge in [-0.2, -0.15) is 0 Å². The van der Waals surface area contributed by atoms with Gasteiger partial charge in [-0.25, -0.2) is 17.2 Å². The van der Waals surface area contributed by atoms with E-state index in [1.807, 2.05) is 0 Å². The molecule has 0 aliphatic carbocycles. The van der Waals surface area contributed by atoms with Gasteiger partial charge in [0.25, 0.3) is 5.91 Å². The first-order chi connectivity index (χ1) is 15.7. The maximum absolute atomic E-state index is 13.6. The average Bonchev–Trinajstić information content (AvgIpc) is 3.19. The molecule has 2 amide bonds. The van der Waals surface area contributed by atoms with Crippen molar-refractivity contribution in [2.45, 2.75) is 6.42 Å². The summed E-state index contributed by atoms with van der Waals surface area (Å²) in [4.78, 5) is 41.8. The highest BCUT2D eigenvalue weighted by atomic mass is 32.2. The van der Waals surface area contributed by atoms with E-state index in [1.165, 1.54) is 17.0 Å². The lowest BCUT2D eigenvalue weighted by Crippen LogP contribution is -2.52. The highest BCUT2D eigenvalue weighted by molar-refractivity contribution is 7.91. The summed E-state index contributed by atoms with van der Waals surface area (Å²) < 4.78 is 50.2. The SMILES string of the molecule is O=C(c1ccc(F)c(F)c1)c1ccccc1C(=O)N1CCN(C(=O)[C@H]2CCS(=O)(=O)C2)CC1. The minimum Gasteiger partial charge on any atom is -0.339 e. The van der Waals surface area contributed by atoms with Gasteiger partial charge in [0, 0.05) is 37.3 Å². The molecule has 1 atom stereocenters. The zero-order valence-electron chi connectivity index (χ0n) is 17.7. The molecule has 7 nitrogen and oxygen atoms in total. The predicted octanol–water partition coefficient (Wildman–Crippen LogP) is 1.91. The number of carbonyl (C=O) groups excluding carboxylic acids is 3. The Kier molecular flexibility index (Phi) is 6.29. The minimum absolute atomic E-state index is 0.0185. The minimum atomic E-state index is -3.17. The third-order valence-corrected chi connectivity index (χ3v) is 7.81. The predicted molar refractivity (Wildman–Crippen MR) is 115 cm³/mol. The van der Waals surface area contributed by atoms with Gasteiger partial charge in [0.1, 0.15) is 0 Å². The lowest BCUT2D eigenvalue weighted by Gasteiger charge is -2.36. The van der Waals surface area contributed by atoms with Gasteiger partial charge in [0.15, 0.2) is 27.3 Å². The molecule has 2 heterocycles. The van der Waals surface area contributed by atoms with Gasteiger partial charge in [-0.05, 0) is 30.7 Å². The molecule has 0 unspecified atom stereocenters. The van der Waals surface area contributed by atoms with Crippen molar-refractivity contribution in [3.63, 3.8) is 0 Å². The molecule has 2 aliphatic rings. The third-order valence-electron chi connectivity index (χ3n) is 6.04. The molecule has 2 fully saturated rings. The zero-order valence-corrected chi connectivity index (χ0v) is 18.5. The van der Waals surface area contributed by atoms with Gasteiger partial charge in [0.05, 0.1) is 23.0 Å². The second-order valence-corrected chi connectivity index (χ2v) is 10.4. The fourth-order valence-corrected chi connectivity index (χ4v) is 5.94. The van der Waals surface area contributed by atoms with E-state index in [4.69, 9.17) is 0 Å². The Hall–Kier alpha value is -3.14. The number of amides is 2. The summed E-state index contributed by atoms with van der Waals surface area (Å²) in [5.41, 5.74) is 0.133. The summed E-state index contributed by atoms with van der Waals surface area (Å²) in [7, 11) is -3.17. The summed E-state index contributed by atoms with van der Waals surface area (Å²) in [6.07, 6.45) is 0.319. The van der Waals surface area contributed by atoms with E-state index < -0.39 is 39.1 Å². The van der Waals surface area contributed by atoms with Gasteiger partial charge in [-0.1, -0.05) is 18.2 Å². The smallest absolute Gasteiger partial charge is 0.254 e. The monoisotopic (exact) mass is 476 g/mol. The topological polar surface area (TPSA) is 91.8 Å². The molecule has 0 N–H and O–H groups in total. The first-order valence-corrected chi connectivity index (χ1v) is 12.4. The van der Waals surface area contributed by atoms with Gasteiger partial charge in [0.2, 0.25) is 5.91 Å². The Bertz CT molecular complexity index is 1220. The highest BCUT2D eigenvalue weighted by Gasteiger charge is 2.37. The van der Waals surface area contributed by atoms with E-state index in [0.717, 1.165) is 18.2 Å². The molecule has 0 aromatic heterocycles. The molecule has 10 heteroatoms. The van der Waals surface area contributed by atoms with Crippen LogP contribution in [-0.4, -0.2) is 73.5 Å². The summed E-state index contributed by atoms with van der Waals surface area (Å²) >= 11 is 0. The molecule has 174 valence electrons. The molecule has 33 heavy (non-hydrogen) atoms. The molecule has 2 aliphatic heterocycles. The van der Waals surface area contributed by atoms with Crippen molar-refractivity contribution in [1.82, 2.24) is 9.80 Å². The van der Waals surface area contributed by atoms with Crippen LogP contribution in [0, 0.1) is 17.6 Å². The number of halogens is 2. The summed E-state index contributed by atoms with van der Waals surface area (Å²) in [6, 6.07) is 8.96. The Morgan fingerprint density at radius 3 is 2.09 bits per heavy atom. The van der Waals surface area contributed by atoms with E-state index in [9.17, 15) is 31.6 Å². The van der Waals surface area contributed by atoms with Gasteiger partial charge < -0.3 is 9.80 Å². The van der Waals surface area contributed by atoms with Crippen LogP contribution in [0.1, 0.15) is 32.7 Å². The molecule has 2 saturated heterocycles. The van der Waals surface area contributed by atoms with E-state index in [2.05, 4.69) is 0 Å². The fraction of sp³-hybridized carbons (Fsp3) is 0.348. The Balaban J connectivity index is 1.46. The summed E-state index contributed by atoms with van der Waals surface area (Å²) in [5.74, 6) is -4.09. The number of nitrogens with zero attached hydrogens (tertiary/aromatic N) is 2. The summed E-state index contributed by atoms with van der Waals surface area (Å²) in [5, 5.41) is 0. The van der Waals surface area contributed by atoms with Crippen LogP contribution in [-0.2, 0) is 14.6 Å². The maximum atomic E-state index is 13.6. The Morgan fingerprint density at radius 2 is 1.48 bits per heavy atom. The molecule has 2 aromatic rings. The van der Waals surface area contributed by atoms with Crippen LogP contribution in [0.5, 0.6) is 0 Å². The molecular formula is C23H22F2N2O5S. The van der Waals surface area contributed by atoms with E-state index in [1.54, 1.807) is 17.0 Å². The second kappa shape index (κ2) is 9.01. The van der Waals surface area contributed by atoms with Gasteiger partial charge >= 0.3 is 0 Å². The number of sulfone groups is 1. The van der Waals surface area contributed by atoms with E-state index in [0.29, 0.717) is 6.42 Å². The Morgan fingerprint density at radius 1 is 0.848 bits per heavy atom. The van der Waals surface area contributed by atoms with Crippen molar-refractivity contribution >= 4 is 27.4 Å². The van der Waals surface area contributed by atoms with Crippen LogP contribution >= 0.6 is 0 Å². The molecule has 4 rings (SSSR count). The number of benzene rings is 2. The van der Waals surface area contributed by atoms with Crippen molar-refractivity contribution in [3.05, 3.63) is 70.8 Å². The standard InChI is InChI=1S/C23H22F2N2O5S/c24-19-6-5-15(13-20(19)25)21(28)17-3-1-2-4-18(17)23(30)27-10-8-26(9-11-27)22(29)16-7-12-33(31,32)14-16/h1-6,13,16H,7-12,14H2/t16-/m0/s1. The Labute approximate surface area is 189 Å². The molecule has 2 aromatic carbocycles. The lowest BCUT2D eigenvalue weighted by molar-refractivity contribution is -0.136. The second-order valence-electron chi connectivity index (χ2n) is 8.22. The first kappa shape index (κ1) is 23.0.